The molecule has 0 radical (unpaired) electrons. The Hall–Kier alpha value is -2.34. The number of ether oxygens (including phenoxy) is 2. The molecule has 1 amide bonds. The van der Waals surface area contributed by atoms with E-state index >= 15 is 0 Å². The zero-order valence-electron chi connectivity index (χ0n) is 16.8. The summed E-state index contributed by atoms with van der Waals surface area (Å²) >= 11 is 1.38. The monoisotopic (exact) mass is 389 g/mol. The minimum absolute atomic E-state index is 0.146. The van der Waals surface area contributed by atoms with Crippen molar-refractivity contribution in [1.29, 1.82) is 0 Å². The minimum atomic E-state index is -0.566. The van der Waals surface area contributed by atoms with E-state index in [1.54, 1.807) is 6.92 Å². The van der Waals surface area contributed by atoms with Crippen LogP contribution < -0.4 is 10.1 Å². The number of hydrogen-bond acceptors (Lipinski definition) is 5. The van der Waals surface area contributed by atoms with Crippen molar-refractivity contribution in [3.05, 3.63) is 34.7 Å². The van der Waals surface area contributed by atoms with Gasteiger partial charge in [0.25, 0.3) is 0 Å². The average Bonchev–Trinajstić information content (AvgIpc) is 2.91. The van der Waals surface area contributed by atoms with Gasteiger partial charge in [-0.1, -0.05) is 32.9 Å². The number of rotatable bonds is 6. The lowest BCUT2D eigenvalue weighted by molar-refractivity contribution is -0.123. The van der Waals surface area contributed by atoms with E-state index in [4.69, 9.17) is 9.47 Å². The molecule has 0 fully saturated rings. The van der Waals surface area contributed by atoms with Crippen LogP contribution in [0.5, 0.6) is 5.75 Å². The summed E-state index contributed by atoms with van der Waals surface area (Å²) in [6.45, 7) is 12.0. The Labute approximate surface area is 164 Å². The van der Waals surface area contributed by atoms with Gasteiger partial charge in [0, 0.05) is 15.9 Å². The van der Waals surface area contributed by atoms with Crippen LogP contribution in [0.25, 0.3) is 11.1 Å². The molecule has 0 atom stereocenters. The maximum absolute atomic E-state index is 12.7. The van der Waals surface area contributed by atoms with Crippen LogP contribution in [-0.2, 0) is 9.53 Å². The maximum atomic E-state index is 12.7. The molecular weight excluding hydrogens is 362 g/mol. The van der Waals surface area contributed by atoms with E-state index < -0.39 is 11.4 Å². The van der Waals surface area contributed by atoms with Crippen molar-refractivity contribution < 1.29 is 19.1 Å². The summed E-state index contributed by atoms with van der Waals surface area (Å²) < 4.78 is 10.8. The number of nitrogens with one attached hydrogen (secondary N) is 1. The molecular formula is C21H27NO4S. The Morgan fingerprint density at radius 2 is 1.70 bits per heavy atom. The van der Waals surface area contributed by atoms with E-state index in [0.29, 0.717) is 17.2 Å². The fourth-order valence-electron chi connectivity index (χ4n) is 2.55. The number of hydrogen-bond donors (Lipinski definition) is 1. The number of amides is 1. The smallest absolute Gasteiger partial charge is 0.341 e. The average molecular weight is 390 g/mol. The molecule has 0 saturated heterocycles. The van der Waals surface area contributed by atoms with E-state index in [0.717, 1.165) is 21.8 Å². The number of carbonyl (C=O) groups excluding carboxylic acids is 2. The zero-order chi connectivity index (χ0) is 20.2. The topological polar surface area (TPSA) is 64.6 Å². The second-order valence-corrected chi connectivity index (χ2v) is 8.34. The second kappa shape index (κ2) is 8.57. The quantitative estimate of drug-likeness (QED) is 0.682. The first-order chi connectivity index (χ1) is 12.7. The molecule has 1 aromatic heterocycles. The SMILES string of the molecule is CCOC(=O)c1c(NC(=O)C(C)(C)C)sc(C)c1-c1ccc(OCC)cc1. The summed E-state index contributed by atoms with van der Waals surface area (Å²) in [5.74, 6) is 0.190. The van der Waals surface area contributed by atoms with Gasteiger partial charge < -0.3 is 14.8 Å². The normalized spacial score (nSPS) is 11.2. The van der Waals surface area contributed by atoms with Crippen molar-refractivity contribution in [1.82, 2.24) is 0 Å². The van der Waals surface area contributed by atoms with Crippen LogP contribution in [0.1, 0.15) is 49.9 Å². The summed E-state index contributed by atoms with van der Waals surface area (Å²) in [4.78, 5) is 26.1. The molecule has 1 N–H and O–H groups in total. The number of thiophene rings is 1. The van der Waals surface area contributed by atoms with E-state index in [9.17, 15) is 9.59 Å². The van der Waals surface area contributed by atoms with E-state index in [1.807, 2.05) is 58.9 Å². The van der Waals surface area contributed by atoms with E-state index in [2.05, 4.69) is 5.32 Å². The Balaban J connectivity index is 2.53. The fourth-order valence-corrected chi connectivity index (χ4v) is 3.61. The summed E-state index contributed by atoms with van der Waals surface area (Å²) in [6, 6.07) is 7.58. The number of aryl methyl sites for hydroxylation is 1. The Morgan fingerprint density at radius 1 is 1.07 bits per heavy atom. The Bertz CT molecular complexity index is 816. The molecule has 0 aliphatic carbocycles. The van der Waals surface area contributed by atoms with Gasteiger partial charge in [-0.3, -0.25) is 4.79 Å². The zero-order valence-corrected chi connectivity index (χ0v) is 17.6. The summed E-state index contributed by atoms with van der Waals surface area (Å²) in [7, 11) is 0. The van der Waals surface area contributed by atoms with Crippen molar-refractivity contribution in [3.63, 3.8) is 0 Å². The molecule has 0 saturated carbocycles. The highest BCUT2D eigenvalue weighted by atomic mass is 32.1. The van der Waals surface area contributed by atoms with Crippen molar-refractivity contribution >= 4 is 28.2 Å². The summed E-state index contributed by atoms with van der Waals surface area (Å²) in [5.41, 5.74) is 1.50. The lowest BCUT2D eigenvalue weighted by Crippen LogP contribution is -2.28. The largest absolute Gasteiger partial charge is 0.494 e. The first-order valence-electron chi connectivity index (χ1n) is 9.04. The molecule has 6 heteroatoms. The highest BCUT2D eigenvalue weighted by molar-refractivity contribution is 7.17. The van der Waals surface area contributed by atoms with Crippen molar-refractivity contribution in [2.24, 2.45) is 5.41 Å². The van der Waals surface area contributed by atoms with Gasteiger partial charge in [0.05, 0.1) is 13.2 Å². The predicted molar refractivity (Wildman–Crippen MR) is 110 cm³/mol. The van der Waals surface area contributed by atoms with E-state index in [-0.39, 0.29) is 12.5 Å². The molecule has 0 spiro atoms. The number of anilines is 1. The van der Waals surface area contributed by atoms with Gasteiger partial charge in [0.1, 0.15) is 16.3 Å². The molecule has 0 aliphatic rings. The molecule has 1 heterocycles. The van der Waals surface area contributed by atoms with Gasteiger partial charge in [-0.15, -0.1) is 11.3 Å². The molecule has 0 bridgehead atoms. The molecule has 1 aromatic carbocycles. The molecule has 146 valence electrons. The van der Waals surface area contributed by atoms with Crippen molar-refractivity contribution in [2.45, 2.75) is 41.5 Å². The second-order valence-electron chi connectivity index (χ2n) is 7.12. The minimum Gasteiger partial charge on any atom is -0.494 e. The molecule has 2 aromatic rings. The standard InChI is InChI=1S/C21H27NO4S/c1-7-25-15-11-9-14(10-12-15)16-13(3)27-18(17(16)19(23)26-8-2)22-20(24)21(4,5)6/h9-12H,7-8H2,1-6H3,(H,22,24). The van der Waals surface area contributed by atoms with Crippen LogP contribution in [0.4, 0.5) is 5.00 Å². The highest BCUT2D eigenvalue weighted by Crippen LogP contribution is 2.41. The highest BCUT2D eigenvalue weighted by Gasteiger charge is 2.28. The van der Waals surface area contributed by atoms with Crippen molar-refractivity contribution in [3.8, 4) is 16.9 Å². The first kappa shape index (κ1) is 21.0. The van der Waals surface area contributed by atoms with Gasteiger partial charge in [-0.05, 0) is 38.5 Å². The van der Waals surface area contributed by atoms with Crippen LogP contribution in [0.2, 0.25) is 0 Å². The Kier molecular flexibility index (Phi) is 6.65. The Morgan fingerprint density at radius 3 is 2.22 bits per heavy atom. The van der Waals surface area contributed by atoms with Crippen LogP contribution >= 0.6 is 11.3 Å². The first-order valence-corrected chi connectivity index (χ1v) is 9.85. The van der Waals surface area contributed by atoms with Crippen LogP contribution in [0, 0.1) is 12.3 Å². The van der Waals surface area contributed by atoms with Crippen molar-refractivity contribution in [2.75, 3.05) is 18.5 Å². The number of benzene rings is 1. The van der Waals surface area contributed by atoms with Crippen LogP contribution in [-0.4, -0.2) is 25.1 Å². The number of esters is 1. The molecule has 0 unspecified atom stereocenters. The fraction of sp³-hybridized carbons (Fsp3) is 0.429. The predicted octanol–water partition coefficient (Wildman–Crippen LogP) is 5.28. The van der Waals surface area contributed by atoms with Crippen LogP contribution in [0.15, 0.2) is 24.3 Å². The van der Waals surface area contributed by atoms with Gasteiger partial charge in [-0.25, -0.2) is 4.79 Å². The molecule has 2 rings (SSSR count). The van der Waals surface area contributed by atoms with Gasteiger partial charge in [0.2, 0.25) is 5.91 Å². The lowest BCUT2D eigenvalue weighted by Gasteiger charge is -2.17. The number of carbonyl (C=O) groups is 2. The maximum Gasteiger partial charge on any atom is 0.341 e. The summed E-state index contributed by atoms with van der Waals surface area (Å²) in [5, 5.41) is 3.43. The third-order valence-corrected chi connectivity index (χ3v) is 4.95. The lowest BCUT2D eigenvalue weighted by atomic mass is 9.95. The third kappa shape index (κ3) is 4.89. The molecule has 0 aliphatic heterocycles. The van der Waals surface area contributed by atoms with Gasteiger partial charge in [-0.2, -0.15) is 0 Å². The van der Waals surface area contributed by atoms with Gasteiger partial charge in [0.15, 0.2) is 0 Å². The van der Waals surface area contributed by atoms with Gasteiger partial charge >= 0.3 is 5.97 Å². The van der Waals surface area contributed by atoms with Crippen LogP contribution in [0.3, 0.4) is 0 Å². The summed E-state index contributed by atoms with van der Waals surface area (Å²) in [6.07, 6.45) is 0. The third-order valence-electron chi connectivity index (χ3n) is 3.93. The molecule has 27 heavy (non-hydrogen) atoms. The van der Waals surface area contributed by atoms with E-state index in [1.165, 1.54) is 11.3 Å². The molecule has 5 nitrogen and oxygen atoms in total.